The van der Waals surface area contributed by atoms with Crippen LogP contribution in [0.1, 0.15) is 0 Å². The lowest BCUT2D eigenvalue weighted by Gasteiger charge is -2.12. The van der Waals surface area contributed by atoms with Crippen molar-refractivity contribution >= 4 is 7.82 Å². The molecule has 0 aliphatic carbocycles. The third kappa shape index (κ3) is 4.50. The summed E-state index contributed by atoms with van der Waals surface area (Å²) in [6, 6.07) is 0. The van der Waals surface area contributed by atoms with E-state index >= 15 is 0 Å². The molecule has 0 atom stereocenters. The Hall–Kier alpha value is -0.370. The van der Waals surface area contributed by atoms with Gasteiger partial charge in [-0.3, -0.25) is 13.6 Å². The van der Waals surface area contributed by atoms with E-state index in [1.54, 1.807) is 0 Å². The Bertz CT molecular complexity index is 189. The van der Waals surface area contributed by atoms with Crippen LogP contribution in [0.15, 0.2) is 0 Å². The van der Waals surface area contributed by atoms with Gasteiger partial charge in [0.25, 0.3) is 0 Å². The van der Waals surface area contributed by atoms with E-state index in [2.05, 4.69) is 19.5 Å². The summed E-state index contributed by atoms with van der Waals surface area (Å²) in [6.07, 6.45) is 4.88. The second kappa shape index (κ2) is 6.18. The minimum absolute atomic E-state index is 0.0907. The molecule has 0 fully saturated rings. The van der Waals surface area contributed by atoms with Crippen LogP contribution in [0.5, 0.6) is 0 Å². The number of hydrogen-bond acceptors (Lipinski definition) is 5. The average molecular weight is 194 g/mol. The molecule has 0 rings (SSSR count). The third-order valence-electron chi connectivity index (χ3n) is 0.927. The van der Waals surface area contributed by atoms with Gasteiger partial charge in [0.2, 0.25) is 0 Å². The van der Waals surface area contributed by atoms with E-state index in [9.17, 15) is 4.57 Å². The van der Waals surface area contributed by atoms with Crippen LogP contribution in [0, 0.1) is 12.3 Å². The molecular formula is C6H11O5P. The molecule has 0 bridgehead atoms. The molecule has 0 aliphatic rings. The van der Waals surface area contributed by atoms with Crippen molar-refractivity contribution in [1.82, 2.24) is 0 Å². The molecular weight excluding hydrogens is 183 g/mol. The number of phosphoric ester groups is 1. The number of rotatable bonds is 6. The highest BCUT2D eigenvalue weighted by atomic mass is 31.2. The van der Waals surface area contributed by atoms with Crippen molar-refractivity contribution in [2.75, 3.05) is 27.6 Å². The molecule has 12 heavy (non-hydrogen) atoms. The summed E-state index contributed by atoms with van der Waals surface area (Å²) < 4.78 is 29.3. The zero-order valence-electron chi connectivity index (χ0n) is 6.98. The van der Waals surface area contributed by atoms with Crippen molar-refractivity contribution in [3.05, 3.63) is 0 Å². The Morgan fingerprint density at radius 3 is 2.42 bits per heavy atom. The van der Waals surface area contributed by atoms with E-state index in [0.29, 0.717) is 0 Å². The zero-order chi connectivity index (χ0) is 9.45. The second-order valence-corrected chi connectivity index (χ2v) is 3.49. The van der Waals surface area contributed by atoms with E-state index < -0.39 is 7.82 Å². The normalized spacial score (nSPS) is 11.1. The van der Waals surface area contributed by atoms with Gasteiger partial charge in [-0.25, -0.2) is 4.57 Å². The Morgan fingerprint density at radius 2 is 2.00 bits per heavy atom. The Morgan fingerprint density at radius 1 is 1.42 bits per heavy atom. The fraction of sp³-hybridized carbons (Fsp3) is 0.667. The van der Waals surface area contributed by atoms with Crippen molar-refractivity contribution in [2.24, 2.45) is 0 Å². The van der Waals surface area contributed by atoms with Crippen LogP contribution in [0.3, 0.4) is 0 Å². The van der Waals surface area contributed by atoms with Crippen LogP contribution in [-0.4, -0.2) is 27.6 Å². The predicted octanol–water partition coefficient (Wildman–Crippen LogP) is 1.01. The van der Waals surface area contributed by atoms with Crippen molar-refractivity contribution in [2.45, 2.75) is 0 Å². The number of ether oxygens (including phenoxy) is 1. The summed E-state index contributed by atoms with van der Waals surface area (Å²) in [5.41, 5.74) is 0. The lowest BCUT2D eigenvalue weighted by molar-refractivity contribution is 0.00592. The fourth-order valence-electron chi connectivity index (χ4n) is 0.382. The average Bonchev–Trinajstić information content (AvgIpc) is 2.12. The maximum Gasteiger partial charge on any atom is 0.476 e. The van der Waals surface area contributed by atoms with E-state index in [-0.39, 0.29) is 13.4 Å². The lowest BCUT2D eigenvalue weighted by atomic mass is 10.8. The van der Waals surface area contributed by atoms with Gasteiger partial charge >= 0.3 is 7.82 Å². The monoisotopic (exact) mass is 194 g/mol. The Balaban J connectivity index is 3.61. The molecule has 0 aliphatic heterocycles. The molecule has 5 nitrogen and oxygen atoms in total. The SMILES string of the molecule is C#CCOCOP(=O)(OC)OC. The number of hydrogen-bond donors (Lipinski definition) is 0. The second-order valence-electron chi connectivity index (χ2n) is 1.61. The molecule has 0 heterocycles. The Kier molecular flexibility index (Phi) is 5.99. The van der Waals surface area contributed by atoms with E-state index in [0.717, 1.165) is 0 Å². The summed E-state index contributed by atoms with van der Waals surface area (Å²) in [6.45, 7) is -0.128. The van der Waals surface area contributed by atoms with Crippen LogP contribution in [0.25, 0.3) is 0 Å². The first kappa shape index (κ1) is 11.6. The first-order chi connectivity index (χ1) is 5.68. The summed E-state index contributed by atoms with van der Waals surface area (Å²) >= 11 is 0. The van der Waals surface area contributed by atoms with Gasteiger partial charge < -0.3 is 4.74 Å². The van der Waals surface area contributed by atoms with Gasteiger partial charge in [-0.15, -0.1) is 6.42 Å². The number of terminal acetylenes is 1. The van der Waals surface area contributed by atoms with Gasteiger partial charge in [0, 0.05) is 14.2 Å². The molecule has 0 saturated heterocycles. The topological polar surface area (TPSA) is 54.0 Å². The first-order valence-corrected chi connectivity index (χ1v) is 4.52. The zero-order valence-corrected chi connectivity index (χ0v) is 7.87. The van der Waals surface area contributed by atoms with Crippen molar-refractivity contribution < 1.29 is 22.9 Å². The van der Waals surface area contributed by atoms with Crippen LogP contribution >= 0.6 is 7.82 Å². The predicted molar refractivity (Wildman–Crippen MR) is 42.4 cm³/mol. The molecule has 0 spiro atoms. The Labute approximate surface area is 71.6 Å². The van der Waals surface area contributed by atoms with Gasteiger partial charge in [0.1, 0.15) is 6.61 Å². The van der Waals surface area contributed by atoms with Crippen LogP contribution < -0.4 is 0 Å². The number of phosphoric acid groups is 1. The highest BCUT2D eigenvalue weighted by Crippen LogP contribution is 2.47. The molecule has 6 heteroatoms. The van der Waals surface area contributed by atoms with E-state index in [4.69, 9.17) is 11.2 Å². The molecule has 0 N–H and O–H groups in total. The van der Waals surface area contributed by atoms with Crippen molar-refractivity contribution in [3.8, 4) is 12.3 Å². The van der Waals surface area contributed by atoms with Gasteiger partial charge in [-0.2, -0.15) is 0 Å². The first-order valence-electron chi connectivity index (χ1n) is 3.06. The van der Waals surface area contributed by atoms with Crippen LogP contribution in [0.4, 0.5) is 0 Å². The molecule has 0 amide bonds. The summed E-state index contributed by atoms with van der Waals surface area (Å²) in [7, 11) is -0.987. The lowest BCUT2D eigenvalue weighted by Crippen LogP contribution is -2.01. The molecule has 0 unspecified atom stereocenters. The fourth-order valence-corrected chi connectivity index (χ4v) is 0.946. The molecule has 0 radical (unpaired) electrons. The largest absolute Gasteiger partial charge is 0.476 e. The van der Waals surface area contributed by atoms with Crippen molar-refractivity contribution in [1.29, 1.82) is 0 Å². The highest BCUT2D eigenvalue weighted by Gasteiger charge is 2.22. The maximum atomic E-state index is 11.1. The standard InChI is InChI=1S/C6H11O5P/c1-4-5-10-6-11-12(7,8-2)9-3/h1H,5-6H2,2-3H3. The van der Waals surface area contributed by atoms with E-state index in [1.165, 1.54) is 14.2 Å². The molecule has 0 aromatic heterocycles. The third-order valence-corrected chi connectivity index (χ3v) is 2.24. The minimum Gasteiger partial charge on any atom is -0.342 e. The summed E-state index contributed by atoms with van der Waals surface area (Å²) in [4.78, 5) is 0. The summed E-state index contributed by atoms with van der Waals surface area (Å²) in [5.74, 6) is 2.22. The molecule has 0 aromatic carbocycles. The van der Waals surface area contributed by atoms with Gasteiger partial charge in [0.05, 0.1) is 0 Å². The molecule has 70 valence electrons. The van der Waals surface area contributed by atoms with Gasteiger partial charge in [-0.1, -0.05) is 5.92 Å². The van der Waals surface area contributed by atoms with Gasteiger partial charge in [-0.05, 0) is 0 Å². The smallest absolute Gasteiger partial charge is 0.342 e. The summed E-state index contributed by atoms with van der Waals surface area (Å²) in [5, 5.41) is 0. The van der Waals surface area contributed by atoms with Crippen LogP contribution in [-0.2, 0) is 22.9 Å². The van der Waals surface area contributed by atoms with Crippen molar-refractivity contribution in [3.63, 3.8) is 0 Å². The maximum absolute atomic E-state index is 11.1. The molecule has 0 aromatic rings. The van der Waals surface area contributed by atoms with E-state index in [1.807, 2.05) is 0 Å². The van der Waals surface area contributed by atoms with Crippen LogP contribution in [0.2, 0.25) is 0 Å². The van der Waals surface area contributed by atoms with Gasteiger partial charge in [0.15, 0.2) is 6.79 Å². The molecule has 0 saturated carbocycles. The quantitative estimate of drug-likeness (QED) is 0.273. The highest BCUT2D eigenvalue weighted by molar-refractivity contribution is 7.48. The minimum atomic E-state index is -3.41.